The summed E-state index contributed by atoms with van der Waals surface area (Å²) in [5.41, 5.74) is 1.66. The Labute approximate surface area is 133 Å². The van der Waals surface area contributed by atoms with Gasteiger partial charge in [-0.25, -0.2) is 0 Å². The summed E-state index contributed by atoms with van der Waals surface area (Å²) in [6.07, 6.45) is 0.937. The highest BCUT2D eigenvalue weighted by Crippen LogP contribution is 2.18. The van der Waals surface area contributed by atoms with Crippen LogP contribution in [0.1, 0.15) is 12.5 Å². The zero-order chi connectivity index (χ0) is 16.7. The number of nitrogens with one attached hydrogen (secondary N) is 1. The molecule has 0 bridgehead atoms. The van der Waals surface area contributed by atoms with Crippen molar-refractivity contribution in [3.05, 3.63) is 54.1 Å². The van der Waals surface area contributed by atoms with E-state index in [9.17, 15) is 13.6 Å². The molecule has 0 aromatic heterocycles. The van der Waals surface area contributed by atoms with Crippen LogP contribution in [0.4, 0.5) is 14.5 Å². The van der Waals surface area contributed by atoms with E-state index in [1.54, 1.807) is 0 Å². The summed E-state index contributed by atoms with van der Waals surface area (Å²) in [5.74, 6) is 0.301. The molecule has 2 aromatic rings. The van der Waals surface area contributed by atoms with Crippen molar-refractivity contribution in [3.63, 3.8) is 0 Å². The summed E-state index contributed by atoms with van der Waals surface area (Å²) in [6.45, 7) is -0.954. The summed E-state index contributed by atoms with van der Waals surface area (Å²) in [6, 6.07) is 13.2. The molecule has 1 amide bonds. The third-order valence-electron chi connectivity index (χ3n) is 3.06. The first-order valence-electron chi connectivity index (χ1n) is 7.13. The molecule has 4 nitrogen and oxygen atoms in total. The van der Waals surface area contributed by atoms with E-state index in [1.807, 2.05) is 24.3 Å². The predicted octanol–water partition coefficient (Wildman–Crippen LogP) is 3.87. The third-order valence-corrected chi connectivity index (χ3v) is 3.06. The molecule has 0 heterocycles. The Morgan fingerprint density at radius 2 is 1.65 bits per heavy atom. The second-order valence-corrected chi connectivity index (χ2v) is 4.74. The molecule has 1 N–H and O–H groups in total. The second-order valence-electron chi connectivity index (χ2n) is 4.74. The number of benzene rings is 2. The quantitative estimate of drug-likeness (QED) is 0.842. The first kappa shape index (κ1) is 16.7. The average molecular weight is 321 g/mol. The minimum atomic E-state index is -2.87. The van der Waals surface area contributed by atoms with E-state index in [4.69, 9.17) is 4.74 Å². The van der Waals surface area contributed by atoms with Crippen LogP contribution in [0, 0.1) is 0 Å². The van der Waals surface area contributed by atoms with Gasteiger partial charge in [0.25, 0.3) is 5.91 Å². The van der Waals surface area contributed by atoms with Gasteiger partial charge in [0.15, 0.2) is 6.61 Å². The van der Waals surface area contributed by atoms with Gasteiger partial charge in [-0.3, -0.25) is 4.79 Å². The van der Waals surface area contributed by atoms with Gasteiger partial charge in [0.2, 0.25) is 0 Å². The van der Waals surface area contributed by atoms with Crippen LogP contribution in [-0.4, -0.2) is 19.1 Å². The summed E-state index contributed by atoms with van der Waals surface area (Å²) >= 11 is 0. The van der Waals surface area contributed by atoms with E-state index in [0.29, 0.717) is 11.4 Å². The van der Waals surface area contributed by atoms with Crippen molar-refractivity contribution in [3.8, 4) is 11.5 Å². The molecule has 0 fully saturated rings. The molecule has 0 saturated heterocycles. The van der Waals surface area contributed by atoms with Gasteiger partial charge in [-0.05, 0) is 48.4 Å². The molecular formula is C17H17F2NO3. The summed E-state index contributed by atoms with van der Waals surface area (Å²) < 4.78 is 33.7. The fraction of sp³-hybridized carbons (Fsp3) is 0.235. The number of hydrogen-bond acceptors (Lipinski definition) is 3. The molecule has 6 heteroatoms. The molecule has 0 aliphatic heterocycles. The number of alkyl halides is 2. The average Bonchev–Trinajstić information content (AvgIpc) is 2.55. The molecule has 0 aliphatic rings. The summed E-state index contributed by atoms with van der Waals surface area (Å²) in [7, 11) is 0. The van der Waals surface area contributed by atoms with E-state index < -0.39 is 6.61 Å². The van der Waals surface area contributed by atoms with Gasteiger partial charge in [-0.1, -0.05) is 19.1 Å². The van der Waals surface area contributed by atoms with Crippen LogP contribution in [-0.2, 0) is 11.2 Å². The lowest BCUT2D eigenvalue weighted by Gasteiger charge is -2.09. The topological polar surface area (TPSA) is 47.6 Å². The van der Waals surface area contributed by atoms with E-state index >= 15 is 0 Å². The predicted molar refractivity (Wildman–Crippen MR) is 83.0 cm³/mol. The molecule has 2 rings (SSSR count). The molecular weight excluding hydrogens is 304 g/mol. The first-order chi connectivity index (χ1) is 11.1. The molecule has 23 heavy (non-hydrogen) atoms. The van der Waals surface area contributed by atoms with Crippen LogP contribution >= 0.6 is 0 Å². The van der Waals surface area contributed by atoms with Gasteiger partial charge in [0.05, 0.1) is 0 Å². The molecule has 0 radical (unpaired) electrons. The zero-order valence-corrected chi connectivity index (χ0v) is 12.6. The van der Waals surface area contributed by atoms with Crippen molar-refractivity contribution >= 4 is 11.6 Å². The number of halogens is 2. The molecule has 122 valence electrons. The Morgan fingerprint density at radius 1 is 1.04 bits per heavy atom. The van der Waals surface area contributed by atoms with Crippen molar-refractivity contribution in [2.24, 2.45) is 0 Å². The van der Waals surface area contributed by atoms with E-state index in [0.717, 1.165) is 6.42 Å². The van der Waals surface area contributed by atoms with Gasteiger partial charge in [-0.2, -0.15) is 8.78 Å². The third kappa shape index (κ3) is 5.58. The Balaban J connectivity index is 1.81. The zero-order valence-electron chi connectivity index (χ0n) is 12.6. The van der Waals surface area contributed by atoms with Crippen LogP contribution in [0.2, 0.25) is 0 Å². The van der Waals surface area contributed by atoms with E-state index in [2.05, 4.69) is 17.0 Å². The molecule has 0 saturated carbocycles. The van der Waals surface area contributed by atoms with Gasteiger partial charge < -0.3 is 14.8 Å². The smallest absolute Gasteiger partial charge is 0.387 e. The molecule has 0 unspecified atom stereocenters. The Kier molecular flexibility index (Phi) is 5.91. The maximum Gasteiger partial charge on any atom is 0.387 e. The lowest BCUT2D eigenvalue weighted by Crippen LogP contribution is -2.20. The van der Waals surface area contributed by atoms with Crippen molar-refractivity contribution in [1.82, 2.24) is 0 Å². The van der Waals surface area contributed by atoms with Crippen LogP contribution in [0.25, 0.3) is 0 Å². The fourth-order valence-corrected chi connectivity index (χ4v) is 1.89. The number of amides is 1. The standard InChI is InChI=1S/C17H17F2NO3/c1-2-12-3-7-14(8-4-12)22-11-16(21)20-13-5-9-15(10-6-13)23-17(18)19/h3-10,17H,2,11H2,1H3,(H,20,21). The first-order valence-corrected chi connectivity index (χ1v) is 7.13. The SMILES string of the molecule is CCc1ccc(OCC(=O)Nc2ccc(OC(F)F)cc2)cc1. The Hall–Kier alpha value is -2.63. The maximum atomic E-state index is 12.0. The number of rotatable bonds is 7. The van der Waals surface area contributed by atoms with E-state index in [1.165, 1.54) is 29.8 Å². The number of carbonyl (C=O) groups excluding carboxylic acids is 1. The minimum absolute atomic E-state index is 0.0327. The molecule has 0 spiro atoms. The maximum absolute atomic E-state index is 12.0. The summed E-state index contributed by atoms with van der Waals surface area (Å²) in [4.78, 5) is 11.8. The Morgan fingerprint density at radius 3 is 2.22 bits per heavy atom. The van der Waals surface area contributed by atoms with Gasteiger partial charge >= 0.3 is 6.61 Å². The largest absolute Gasteiger partial charge is 0.484 e. The van der Waals surface area contributed by atoms with Crippen LogP contribution in [0.5, 0.6) is 11.5 Å². The van der Waals surface area contributed by atoms with Crippen LogP contribution in [0.15, 0.2) is 48.5 Å². The number of hydrogen-bond donors (Lipinski definition) is 1. The van der Waals surface area contributed by atoms with E-state index in [-0.39, 0.29) is 18.3 Å². The van der Waals surface area contributed by atoms with Crippen LogP contribution < -0.4 is 14.8 Å². The summed E-state index contributed by atoms with van der Waals surface area (Å²) in [5, 5.41) is 2.61. The fourth-order valence-electron chi connectivity index (χ4n) is 1.89. The number of aryl methyl sites for hydroxylation is 1. The second kappa shape index (κ2) is 8.12. The lowest BCUT2D eigenvalue weighted by molar-refractivity contribution is -0.118. The monoisotopic (exact) mass is 321 g/mol. The van der Waals surface area contributed by atoms with Crippen LogP contribution in [0.3, 0.4) is 0 Å². The highest BCUT2D eigenvalue weighted by atomic mass is 19.3. The molecule has 2 aromatic carbocycles. The minimum Gasteiger partial charge on any atom is -0.484 e. The normalized spacial score (nSPS) is 10.4. The van der Waals surface area contributed by atoms with Crippen molar-refractivity contribution in [2.45, 2.75) is 20.0 Å². The highest BCUT2D eigenvalue weighted by molar-refractivity contribution is 5.91. The highest BCUT2D eigenvalue weighted by Gasteiger charge is 2.06. The van der Waals surface area contributed by atoms with Gasteiger partial charge in [-0.15, -0.1) is 0 Å². The van der Waals surface area contributed by atoms with Gasteiger partial charge in [0.1, 0.15) is 11.5 Å². The van der Waals surface area contributed by atoms with Gasteiger partial charge in [0, 0.05) is 5.69 Å². The van der Waals surface area contributed by atoms with Crippen molar-refractivity contribution in [1.29, 1.82) is 0 Å². The Bertz CT molecular complexity index is 627. The number of carbonyl (C=O) groups is 1. The molecule has 0 aliphatic carbocycles. The van der Waals surface area contributed by atoms with Crippen molar-refractivity contribution < 1.29 is 23.0 Å². The number of anilines is 1. The number of ether oxygens (including phenoxy) is 2. The lowest BCUT2D eigenvalue weighted by atomic mass is 10.2. The van der Waals surface area contributed by atoms with Crippen molar-refractivity contribution in [2.75, 3.05) is 11.9 Å². The molecule has 0 atom stereocenters.